The zero-order valence-electron chi connectivity index (χ0n) is 17.1. The van der Waals surface area contributed by atoms with E-state index in [9.17, 15) is 23.1 Å². The highest BCUT2D eigenvalue weighted by molar-refractivity contribution is 5.93. The van der Waals surface area contributed by atoms with Crippen LogP contribution in [0.25, 0.3) is 11.3 Å². The first-order valence-corrected chi connectivity index (χ1v) is 9.62. The topological polar surface area (TPSA) is 89.1 Å². The summed E-state index contributed by atoms with van der Waals surface area (Å²) in [4.78, 5) is 14.7. The third kappa shape index (κ3) is 3.48. The van der Waals surface area contributed by atoms with E-state index in [-0.39, 0.29) is 24.8 Å². The van der Waals surface area contributed by atoms with Crippen molar-refractivity contribution in [1.29, 1.82) is 0 Å². The van der Waals surface area contributed by atoms with Crippen LogP contribution in [-0.4, -0.2) is 53.2 Å². The summed E-state index contributed by atoms with van der Waals surface area (Å²) in [6, 6.07) is 10.5. The van der Waals surface area contributed by atoms with Gasteiger partial charge in [0.05, 0.1) is 18.3 Å². The van der Waals surface area contributed by atoms with E-state index >= 15 is 0 Å². The molecule has 11 heteroatoms. The molecule has 2 unspecified atom stereocenters. The Morgan fingerprint density at radius 1 is 1.19 bits per heavy atom. The lowest BCUT2D eigenvalue weighted by molar-refractivity contribution is -0.263. The van der Waals surface area contributed by atoms with Crippen molar-refractivity contribution in [1.82, 2.24) is 29.4 Å². The molecule has 3 aromatic rings. The quantitative estimate of drug-likeness (QED) is 0.685. The average molecular weight is 434 g/mol. The lowest BCUT2D eigenvalue weighted by Crippen LogP contribution is -2.46. The Labute approximate surface area is 175 Å². The second-order valence-electron chi connectivity index (χ2n) is 7.82. The van der Waals surface area contributed by atoms with E-state index in [1.165, 1.54) is 14.1 Å². The van der Waals surface area contributed by atoms with E-state index in [0.717, 1.165) is 5.56 Å². The van der Waals surface area contributed by atoms with Gasteiger partial charge in [-0.2, -0.15) is 18.3 Å². The minimum Gasteiger partial charge on any atom is -0.374 e. The Hall–Kier alpha value is -3.21. The first kappa shape index (κ1) is 21.0. The number of rotatable bonds is 3. The van der Waals surface area contributed by atoms with Gasteiger partial charge in [0.1, 0.15) is 5.69 Å². The number of alkyl halides is 3. The summed E-state index contributed by atoms with van der Waals surface area (Å²) in [5.41, 5.74) is -1.29. The second kappa shape index (κ2) is 7.19. The molecule has 0 bridgehead atoms. The van der Waals surface area contributed by atoms with Gasteiger partial charge in [0.15, 0.2) is 11.6 Å². The van der Waals surface area contributed by atoms with Crippen molar-refractivity contribution in [2.24, 2.45) is 7.05 Å². The molecule has 2 atom stereocenters. The first-order valence-electron chi connectivity index (χ1n) is 9.62. The van der Waals surface area contributed by atoms with Gasteiger partial charge in [-0.15, -0.1) is 10.2 Å². The lowest BCUT2D eigenvalue weighted by Gasteiger charge is -2.34. The van der Waals surface area contributed by atoms with Gasteiger partial charge in [-0.1, -0.05) is 30.3 Å². The van der Waals surface area contributed by atoms with Crippen LogP contribution in [-0.2, 0) is 19.2 Å². The van der Waals surface area contributed by atoms with E-state index in [4.69, 9.17) is 0 Å². The monoisotopic (exact) mass is 434 g/mol. The van der Waals surface area contributed by atoms with Gasteiger partial charge in [0.2, 0.25) is 5.60 Å². The Kier molecular flexibility index (Phi) is 4.88. The molecule has 1 aromatic carbocycles. The number of carbonyl (C=O) groups excluding carboxylic acids is 1. The first-order chi connectivity index (χ1) is 14.5. The molecule has 1 N–H and O–H groups in total. The zero-order chi connectivity index (χ0) is 22.6. The number of benzene rings is 1. The van der Waals surface area contributed by atoms with Gasteiger partial charge in [-0.3, -0.25) is 9.48 Å². The van der Waals surface area contributed by atoms with Gasteiger partial charge < -0.3 is 14.6 Å². The molecule has 31 heavy (non-hydrogen) atoms. The number of carbonyl (C=O) groups is 1. The van der Waals surface area contributed by atoms with Crippen molar-refractivity contribution < 1.29 is 23.1 Å². The molecule has 8 nitrogen and oxygen atoms in total. The fourth-order valence-corrected chi connectivity index (χ4v) is 3.72. The third-order valence-corrected chi connectivity index (χ3v) is 5.47. The molecule has 0 fully saturated rings. The molecule has 1 aliphatic rings. The van der Waals surface area contributed by atoms with Crippen LogP contribution < -0.4 is 0 Å². The van der Waals surface area contributed by atoms with Crippen LogP contribution in [0.5, 0.6) is 0 Å². The number of hydrogen-bond donors (Lipinski definition) is 1. The number of halogens is 3. The molecule has 164 valence electrons. The number of aromatic nitrogens is 5. The molecule has 0 aliphatic carbocycles. The third-order valence-electron chi connectivity index (χ3n) is 5.47. The van der Waals surface area contributed by atoms with Crippen molar-refractivity contribution in [2.45, 2.75) is 38.2 Å². The molecule has 1 amide bonds. The summed E-state index contributed by atoms with van der Waals surface area (Å²) < 4.78 is 42.6. The van der Waals surface area contributed by atoms with Crippen LogP contribution in [0.1, 0.15) is 42.0 Å². The number of fused-ring (bicyclic) bond motifs is 1. The van der Waals surface area contributed by atoms with Gasteiger partial charge in [0.25, 0.3) is 5.91 Å². The van der Waals surface area contributed by atoms with Crippen LogP contribution in [0.4, 0.5) is 13.2 Å². The highest BCUT2D eigenvalue weighted by atomic mass is 19.4. The summed E-state index contributed by atoms with van der Waals surface area (Å²) in [5.74, 6) is -0.721. The van der Waals surface area contributed by atoms with Crippen LogP contribution in [0.2, 0.25) is 0 Å². The maximum atomic E-state index is 13.3. The van der Waals surface area contributed by atoms with Crippen LogP contribution in [0.3, 0.4) is 0 Å². The molecular weight excluding hydrogens is 413 g/mol. The summed E-state index contributed by atoms with van der Waals surface area (Å²) in [6.45, 7) is 2.41. The summed E-state index contributed by atoms with van der Waals surface area (Å²) in [6.07, 6.45) is -4.91. The Morgan fingerprint density at radius 2 is 1.87 bits per heavy atom. The van der Waals surface area contributed by atoms with Gasteiger partial charge >= 0.3 is 6.18 Å². The standard InChI is InChI=1S/C20H21F3N6O2/c1-12-10-28(11-16-24-25-18(29(12)16)19(2,31)20(21,22)23)17(30)15-9-14(26-27(15)3)13-7-5-4-6-8-13/h4-9,12,31H,10-11H2,1-3H3. The predicted octanol–water partition coefficient (Wildman–Crippen LogP) is 2.67. The molecule has 2 aromatic heterocycles. The van der Waals surface area contributed by atoms with Gasteiger partial charge in [0, 0.05) is 19.2 Å². The molecule has 1 aliphatic heterocycles. The fraction of sp³-hybridized carbons (Fsp3) is 0.400. The van der Waals surface area contributed by atoms with Crippen LogP contribution >= 0.6 is 0 Å². The van der Waals surface area contributed by atoms with Crippen molar-refractivity contribution in [2.75, 3.05) is 6.54 Å². The number of hydrogen-bond acceptors (Lipinski definition) is 5. The van der Waals surface area contributed by atoms with Crippen molar-refractivity contribution in [3.8, 4) is 11.3 Å². The molecule has 0 radical (unpaired) electrons. The maximum Gasteiger partial charge on any atom is 0.424 e. The van der Waals surface area contributed by atoms with Crippen molar-refractivity contribution >= 4 is 5.91 Å². The number of nitrogens with zero attached hydrogens (tertiary/aromatic N) is 6. The molecule has 4 rings (SSSR count). The number of amides is 1. The van der Waals surface area contributed by atoms with Crippen LogP contribution in [0.15, 0.2) is 36.4 Å². The van der Waals surface area contributed by atoms with Crippen LogP contribution in [0, 0.1) is 0 Å². The van der Waals surface area contributed by atoms with Gasteiger partial charge in [-0.05, 0) is 19.9 Å². The molecule has 0 saturated heterocycles. The summed E-state index contributed by atoms with van der Waals surface area (Å²) >= 11 is 0. The second-order valence-corrected chi connectivity index (χ2v) is 7.82. The Morgan fingerprint density at radius 3 is 2.52 bits per heavy atom. The average Bonchev–Trinajstić information content (AvgIpc) is 3.31. The maximum absolute atomic E-state index is 13.3. The van der Waals surface area contributed by atoms with E-state index in [0.29, 0.717) is 18.3 Å². The Bertz CT molecular complexity index is 1120. The fourth-order valence-electron chi connectivity index (χ4n) is 3.72. The van der Waals surface area contributed by atoms with Crippen molar-refractivity contribution in [3.63, 3.8) is 0 Å². The summed E-state index contributed by atoms with van der Waals surface area (Å²) in [7, 11) is 1.66. The molecule has 0 saturated carbocycles. The van der Waals surface area contributed by atoms with E-state index in [2.05, 4.69) is 15.3 Å². The lowest BCUT2D eigenvalue weighted by atomic mass is 10.0. The largest absolute Gasteiger partial charge is 0.424 e. The highest BCUT2D eigenvalue weighted by Gasteiger charge is 2.55. The number of aryl methyl sites for hydroxylation is 1. The van der Waals surface area contributed by atoms with E-state index in [1.807, 2.05) is 30.3 Å². The molecule has 3 heterocycles. The SMILES string of the molecule is CC1CN(C(=O)c2cc(-c3ccccc3)nn2C)Cc2nnc(C(C)(O)C(F)(F)F)n21. The van der Waals surface area contributed by atoms with Crippen molar-refractivity contribution in [3.05, 3.63) is 53.7 Å². The molecular formula is C20H21F3N6O2. The zero-order valence-corrected chi connectivity index (χ0v) is 17.1. The normalized spacial score (nSPS) is 18.5. The highest BCUT2D eigenvalue weighted by Crippen LogP contribution is 2.39. The van der Waals surface area contributed by atoms with E-state index in [1.54, 1.807) is 20.0 Å². The minimum absolute atomic E-state index is 0.0318. The smallest absolute Gasteiger partial charge is 0.374 e. The summed E-state index contributed by atoms with van der Waals surface area (Å²) in [5, 5.41) is 21.9. The Balaban J connectivity index is 1.62. The number of aliphatic hydroxyl groups is 1. The minimum atomic E-state index is -4.91. The van der Waals surface area contributed by atoms with Gasteiger partial charge in [-0.25, -0.2) is 0 Å². The van der Waals surface area contributed by atoms with E-state index < -0.39 is 23.6 Å². The molecule has 0 spiro atoms. The predicted molar refractivity (Wildman–Crippen MR) is 104 cm³/mol.